The van der Waals surface area contributed by atoms with E-state index in [0.717, 1.165) is 15.9 Å². The third kappa shape index (κ3) is 3.46. The summed E-state index contributed by atoms with van der Waals surface area (Å²) in [6.45, 7) is 2.60. The van der Waals surface area contributed by atoms with Crippen LogP contribution in [0.25, 0.3) is 0 Å². The van der Waals surface area contributed by atoms with Crippen LogP contribution < -0.4 is 4.74 Å². The lowest BCUT2D eigenvalue weighted by molar-refractivity contribution is 0.340. The summed E-state index contributed by atoms with van der Waals surface area (Å²) >= 11 is 6.63. The summed E-state index contributed by atoms with van der Waals surface area (Å²) < 4.78 is 12.3. The Balaban J connectivity index is 2.15. The molecule has 2 aromatic rings. The molecule has 1 aromatic carbocycles. The summed E-state index contributed by atoms with van der Waals surface area (Å²) in [7, 11) is 0. The van der Waals surface area contributed by atoms with Gasteiger partial charge in [-0.05, 0) is 50.9 Å². The summed E-state index contributed by atoms with van der Waals surface area (Å²) in [6.07, 6.45) is 1.67. The van der Waals surface area contributed by atoms with Crippen molar-refractivity contribution >= 4 is 43.8 Å². The van der Waals surface area contributed by atoms with Gasteiger partial charge in [0, 0.05) is 12.1 Å². The molecule has 0 saturated carbocycles. The van der Waals surface area contributed by atoms with E-state index in [1.165, 1.54) is 0 Å². The van der Waals surface area contributed by atoms with Crippen LogP contribution in [0.5, 0.6) is 5.75 Å². The number of furan rings is 1. The maximum atomic E-state index is 5.41. The van der Waals surface area contributed by atoms with Gasteiger partial charge in [-0.15, -0.1) is 0 Å². The van der Waals surface area contributed by atoms with E-state index in [1.54, 1.807) is 6.21 Å². The van der Waals surface area contributed by atoms with E-state index in [0.29, 0.717) is 17.0 Å². The van der Waals surface area contributed by atoms with E-state index in [9.17, 15) is 0 Å². The van der Waals surface area contributed by atoms with Gasteiger partial charge in [-0.2, -0.15) is 0 Å². The maximum absolute atomic E-state index is 5.41. The number of hydrogen-bond donors (Lipinski definition) is 0. The summed E-state index contributed by atoms with van der Waals surface area (Å²) in [6, 6.07) is 9.45. The normalized spacial score (nSPS) is 11.1. The molecule has 0 bridgehead atoms. The Morgan fingerprint density at radius 1 is 1.33 bits per heavy atom. The lowest BCUT2D eigenvalue weighted by atomic mass is 10.3. The van der Waals surface area contributed by atoms with E-state index >= 15 is 0 Å². The molecule has 0 spiro atoms. The molecule has 0 amide bonds. The monoisotopic (exact) mass is 371 g/mol. The standard InChI is InChI=1S/C13H11Br2NO2/c1-2-17-10-5-3-4-9(6-10)16-8-11-7-12(14)13(15)18-11/h3-8H,2H2,1H3. The van der Waals surface area contributed by atoms with Crippen molar-refractivity contribution in [3.8, 4) is 5.75 Å². The zero-order chi connectivity index (χ0) is 13.0. The largest absolute Gasteiger partial charge is 0.494 e. The van der Waals surface area contributed by atoms with Gasteiger partial charge in [0.2, 0.25) is 0 Å². The first-order chi connectivity index (χ1) is 8.69. The van der Waals surface area contributed by atoms with Crippen molar-refractivity contribution < 1.29 is 9.15 Å². The first-order valence-electron chi connectivity index (χ1n) is 5.41. The minimum absolute atomic E-state index is 0.644. The van der Waals surface area contributed by atoms with Crippen LogP contribution in [0.4, 0.5) is 5.69 Å². The second-order valence-electron chi connectivity index (χ2n) is 3.46. The van der Waals surface area contributed by atoms with Gasteiger partial charge in [0.25, 0.3) is 0 Å². The second-order valence-corrected chi connectivity index (χ2v) is 5.03. The Labute approximate surface area is 122 Å². The van der Waals surface area contributed by atoms with Crippen molar-refractivity contribution in [3.63, 3.8) is 0 Å². The van der Waals surface area contributed by atoms with Crippen molar-refractivity contribution in [1.29, 1.82) is 0 Å². The van der Waals surface area contributed by atoms with Gasteiger partial charge in [-0.25, -0.2) is 0 Å². The third-order valence-electron chi connectivity index (χ3n) is 2.13. The molecule has 0 atom stereocenters. The fourth-order valence-corrected chi connectivity index (χ4v) is 1.99. The average molecular weight is 373 g/mol. The first-order valence-corrected chi connectivity index (χ1v) is 6.99. The van der Waals surface area contributed by atoms with Gasteiger partial charge < -0.3 is 9.15 Å². The van der Waals surface area contributed by atoms with E-state index < -0.39 is 0 Å². The smallest absolute Gasteiger partial charge is 0.184 e. The summed E-state index contributed by atoms with van der Waals surface area (Å²) in [5.41, 5.74) is 0.824. The van der Waals surface area contributed by atoms with Gasteiger partial charge in [0.1, 0.15) is 11.5 Å². The molecule has 0 aliphatic rings. The fraction of sp³-hybridized carbons (Fsp3) is 0.154. The van der Waals surface area contributed by atoms with Gasteiger partial charge in [0.15, 0.2) is 4.67 Å². The molecule has 94 valence electrons. The lowest BCUT2D eigenvalue weighted by Gasteiger charge is -2.02. The summed E-state index contributed by atoms with van der Waals surface area (Å²) in [5.74, 6) is 1.49. The Morgan fingerprint density at radius 3 is 2.83 bits per heavy atom. The molecular formula is C13H11Br2NO2. The van der Waals surface area contributed by atoms with Crippen molar-refractivity contribution in [3.05, 3.63) is 45.2 Å². The van der Waals surface area contributed by atoms with Crippen molar-refractivity contribution in [2.45, 2.75) is 6.92 Å². The van der Waals surface area contributed by atoms with Crippen LogP contribution in [0, 0.1) is 0 Å². The van der Waals surface area contributed by atoms with Gasteiger partial charge in [0.05, 0.1) is 23.0 Å². The molecule has 0 N–H and O–H groups in total. The van der Waals surface area contributed by atoms with Crippen LogP contribution in [0.2, 0.25) is 0 Å². The Kier molecular flexibility index (Phi) is 4.60. The number of halogens is 2. The van der Waals surface area contributed by atoms with Gasteiger partial charge in [-0.3, -0.25) is 4.99 Å². The SMILES string of the molecule is CCOc1cccc(N=Cc2cc(Br)c(Br)o2)c1. The first kappa shape index (κ1) is 13.4. The highest BCUT2D eigenvalue weighted by atomic mass is 79.9. The number of hydrogen-bond acceptors (Lipinski definition) is 3. The Morgan fingerprint density at radius 2 is 2.17 bits per heavy atom. The maximum Gasteiger partial charge on any atom is 0.184 e. The topological polar surface area (TPSA) is 34.7 Å². The molecule has 18 heavy (non-hydrogen) atoms. The molecule has 1 heterocycles. The zero-order valence-corrected chi connectivity index (χ0v) is 12.9. The van der Waals surface area contributed by atoms with E-state index in [-0.39, 0.29) is 0 Å². The fourth-order valence-electron chi connectivity index (χ4n) is 1.39. The average Bonchev–Trinajstić information content (AvgIpc) is 2.67. The number of benzene rings is 1. The van der Waals surface area contributed by atoms with E-state index in [1.807, 2.05) is 37.3 Å². The van der Waals surface area contributed by atoms with Crippen LogP contribution in [0.1, 0.15) is 12.7 Å². The number of rotatable bonds is 4. The second kappa shape index (κ2) is 6.20. The minimum atomic E-state index is 0.644. The number of ether oxygens (including phenoxy) is 1. The van der Waals surface area contributed by atoms with Crippen LogP contribution in [-0.2, 0) is 0 Å². The Hall–Kier alpha value is -1.07. The highest BCUT2D eigenvalue weighted by molar-refractivity contribution is 9.13. The van der Waals surface area contributed by atoms with Crippen molar-refractivity contribution in [2.75, 3.05) is 6.61 Å². The highest BCUT2D eigenvalue weighted by Gasteiger charge is 2.03. The predicted molar refractivity (Wildman–Crippen MR) is 79.0 cm³/mol. The van der Waals surface area contributed by atoms with Gasteiger partial charge >= 0.3 is 0 Å². The summed E-state index contributed by atoms with van der Waals surface area (Å²) in [5, 5.41) is 0. The molecule has 0 aliphatic heterocycles. The van der Waals surface area contributed by atoms with Crippen LogP contribution in [0.3, 0.4) is 0 Å². The molecule has 1 aromatic heterocycles. The Bertz CT molecular complexity index is 544. The molecular weight excluding hydrogens is 362 g/mol. The van der Waals surface area contributed by atoms with Crippen LogP contribution in [0.15, 0.2) is 48.9 Å². The molecule has 0 fully saturated rings. The third-order valence-corrected chi connectivity index (χ3v) is 3.84. The van der Waals surface area contributed by atoms with Crippen LogP contribution >= 0.6 is 31.9 Å². The predicted octanol–water partition coefficient (Wildman–Crippen LogP) is 4.95. The quantitative estimate of drug-likeness (QED) is 0.711. The zero-order valence-electron chi connectivity index (χ0n) is 9.69. The summed E-state index contributed by atoms with van der Waals surface area (Å²) in [4.78, 5) is 4.33. The molecule has 0 saturated heterocycles. The molecule has 0 aliphatic carbocycles. The van der Waals surface area contributed by atoms with Crippen molar-refractivity contribution in [1.82, 2.24) is 0 Å². The van der Waals surface area contributed by atoms with Crippen LogP contribution in [-0.4, -0.2) is 12.8 Å². The lowest BCUT2D eigenvalue weighted by Crippen LogP contribution is -1.90. The molecule has 5 heteroatoms. The minimum Gasteiger partial charge on any atom is -0.494 e. The number of aliphatic imine (C=N–C) groups is 1. The van der Waals surface area contributed by atoms with Gasteiger partial charge in [-0.1, -0.05) is 6.07 Å². The highest BCUT2D eigenvalue weighted by Crippen LogP contribution is 2.26. The van der Waals surface area contributed by atoms with E-state index in [2.05, 4.69) is 36.9 Å². The molecule has 0 unspecified atom stereocenters. The van der Waals surface area contributed by atoms with E-state index in [4.69, 9.17) is 9.15 Å². The molecule has 0 radical (unpaired) electrons. The molecule has 2 rings (SSSR count). The molecule has 3 nitrogen and oxygen atoms in total. The number of nitrogens with zero attached hydrogens (tertiary/aromatic N) is 1. The van der Waals surface area contributed by atoms with Crippen molar-refractivity contribution in [2.24, 2.45) is 4.99 Å².